The van der Waals surface area contributed by atoms with Crippen LogP contribution in [0.3, 0.4) is 0 Å². The van der Waals surface area contributed by atoms with Crippen molar-refractivity contribution >= 4 is 40.6 Å². The molecule has 0 radical (unpaired) electrons. The third kappa shape index (κ3) is 5.93. The van der Waals surface area contributed by atoms with E-state index in [1.165, 1.54) is 6.07 Å². The van der Waals surface area contributed by atoms with Crippen molar-refractivity contribution in [2.45, 2.75) is 44.6 Å². The number of likely N-dealkylation sites (tertiary alicyclic amines) is 1. The van der Waals surface area contributed by atoms with E-state index in [1.54, 1.807) is 49.2 Å². The highest BCUT2D eigenvalue weighted by atomic mass is 35.5. The minimum absolute atomic E-state index is 0.260. The summed E-state index contributed by atoms with van der Waals surface area (Å²) in [7, 11) is 2.04. The second-order valence-electron chi connectivity index (χ2n) is 11.2. The smallest absolute Gasteiger partial charge is 0.335 e. The monoisotopic (exact) mass is 624 g/mol. The first kappa shape index (κ1) is 29.7. The lowest BCUT2D eigenvalue weighted by atomic mass is 9.88. The van der Waals surface area contributed by atoms with Gasteiger partial charge < -0.3 is 19.1 Å². The fourth-order valence-corrected chi connectivity index (χ4v) is 6.47. The zero-order valence-electron chi connectivity index (χ0n) is 24.3. The molecule has 1 N–H and O–H groups in total. The SMILES string of the molecule is CSN(C)CCn1c(CN2CCC(c3cccc4c3OC(C)(c3ccc(Cl)cc3F)O4)CC2)nc2ccc(C(=O)O)cc21. The Hall–Kier alpha value is -3.31. The number of aromatic carboxylic acids is 1. The topological polar surface area (TPSA) is 80.1 Å². The summed E-state index contributed by atoms with van der Waals surface area (Å²) in [5, 5.41) is 9.88. The van der Waals surface area contributed by atoms with E-state index in [0.29, 0.717) is 35.2 Å². The van der Waals surface area contributed by atoms with Crippen LogP contribution in [-0.2, 0) is 18.9 Å². The number of nitrogens with zero attached hydrogens (tertiary/aromatic N) is 4. The average molecular weight is 625 g/mol. The quantitative estimate of drug-likeness (QED) is 0.205. The Balaban J connectivity index is 1.18. The maximum atomic E-state index is 14.8. The molecule has 2 aliphatic rings. The van der Waals surface area contributed by atoms with E-state index in [1.807, 2.05) is 25.4 Å². The Labute approximate surface area is 259 Å². The first-order chi connectivity index (χ1) is 20.6. The maximum absolute atomic E-state index is 14.8. The molecule has 3 heterocycles. The average Bonchev–Trinajstić information content (AvgIpc) is 3.52. The van der Waals surface area contributed by atoms with Crippen molar-refractivity contribution in [3.63, 3.8) is 0 Å². The van der Waals surface area contributed by atoms with E-state index in [2.05, 4.69) is 19.8 Å². The molecule has 43 heavy (non-hydrogen) atoms. The number of carbonyl (C=O) groups is 1. The highest BCUT2D eigenvalue weighted by Crippen LogP contribution is 2.49. The molecule has 0 spiro atoms. The van der Waals surface area contributed by atoms with Gasteiger partial charge in [-0.1, -0.05) is 35.7 Å². The van der Waals surface area contributed by atoms with Crippen LogP contribution in [-0.4, -0.2) is 62.8 Å². The molecule has 0 aliphatic carbocycles. The summed E-state index contributed by atoms with van der Waals surface area (Å²) in [4.78, 5) is 19.0. The zero-order chi connectivity index (χ0) is 30.3. The molecule has 2 aliphatic heterocycles. The number of carboxylic acid groups (broad SMARTS) is 1. The van der Waals surface area contributed by atoms with E-state index in [0.717, 1.165) is 54.9 Å². The van der Waals surface area contributed by atoms with E-state index in [9.17, 15) is 14.3 Å². The summed E-state index contributed by atoms with van der Waals surface area (Å²) in [6.07, 6.45) is 3.88. The molecule has 11 heteroatoms. The summed E-state index contributed by atoms with van der Waals surface area (Å²) in [6.45, 7) is 5.66. The number of hydrogen-bond acceptors (Lipinski definition) is 7. The summed E-state index contributed by atoms with van der Waals surface area (Å²) >= 11 is 7.63. The molecule has 1 unspecified atom stereocenters. The molecular formula is C32H34ClFN4O4S. The van der Waals surface area contributed by atoms with Crippen molar-refractivity contribution in [3.8, 4) is 11.5 Å². The van der Waals surface area contributed by atoms with Gasteiger partial charge in [-0.15, -0.1) is 0 Å². The fourth-order valence-electron chi connectivity index (χ4n) is 6.05. The highest BCUT2D eigenvalue weighted by Gasteiger charge is 2.43. The number of benzene rings is 3. The lowest BCUT2D eigenvalue weighted by molar-refractivity contribution is -0.0712. The molecule has 1 fully saturated rings. The van der Waals surface area contributed by atoms with Gasteiger partial charge in [0.05, 0.1) is 28.7 Å². The molecule has 4 aromatic rings. The van der Waals surface area contributed by atoms with E-state index in [-0.39, 0.29) is 11.5 Å². The minimum Gasteiger partial charge on any atom is -0.478 e. The van der Waals surface area contributed by atoms with Crippen LogP contribution in [0.5, 0.6) is 11.5 Å². The number of carboxylic acids is 1. The van der Waals surface area contributed by atoms with Crippen molar-refractivity contribution in [2.24, 2.45) is 0 Å². The van der Waals surface area contributed by atoms with Crippen LogP contribution in [0.1, 0.15) is 53.0 Å². The number of rotatable bonds is 9. The first-order valence-electron chi connectivity index (χ1n) is 14.3. The molecule has 0 saturated carbocycles. The summed E-state index contributed by atoms with van der Waals surface area (Å²) < 4.78 is 31.7. The fraction of sp³-hybridized carbons (Fsp3) is 0.375. The summed E-state index contributed by atoms with van der Waals surface area (Å²) in [5.41, 5.74) is 3.28. The molecule has 1 saturated heterocycles. The van der Waals surface area contributed by atoms with Crippen molar-refractivity contribution in [1.82, 2.24) is 18.8 Å². The van der Waals surface area contributed by atoms with Crippen LogP contribution in [0.2, 0.25) is 5.02 Å². The number of ether oxygens (including phenoxy) is 2. The Morgan fingerprint density at radius 1 is 1.19 bits per heavy atom. The van der Waals surface area contributed by atoms with Gasteiger partial charge in [-0.05, 0) is 87.6 Å². The Morgan fingerprint density at radius 2 is 1.98 bits per heavy atom. The number of likely N-dealkylation sites (N-methyl/N-ethyl adjacent to an activating group) is 1. The van der Waals surface area contributed by atoms with Gasteiger partial charge in [-0.25, -0.2) is 14.2 Å². The Bertz CT molecular complexity index is 1670. The van der Waals surface area contributed by atoms with Crippen LogP contribution in [0.4, 0.5) is 4.39 Å². The van der Waals surface area contributed by atoms with Crippen LogP contribution >= 0.6 is 23.5 Å². The second kappa shape index (κ2) is 12.0. The van der Waals surface area contributed by atoms with Gasteiger partial charge >= 0.3 is 5.97 Å². The van der Waals surface area contributed by atoms with Crippen LogP contribution in [0.15, 0.2) is 54.6 Å². The number of fused-ring (bicyclic) bond motifs is 2. The first-order valence-corrected chi connectivity index (χ1v) is 15.9. The van der Waals surface area contributed by atoms with Crippen LogP contribution < -0.4 is 9.47 Å². The van der Waals surface area contributed by atoms with Gasteiger partial charge in [-0.2, -0.15) is 0 Å². The molecule has 1 aromatic heterocycles. The molecule has 6 rings (SSSR count). The third-order valence-electron chi connectivity index (χ3n) is 8.45. The van der Waals surface area contributed by atoms with E-state index < -0.39 is 17.6 Å². The van der Waals surface area contributed by atoms with Gasteiger partial charge in [0.15, 0.2) is 11.5 Å². The highest BCUT2D eigenvalue weighted by molar-refractivity contribution is 7.96. The predicted octanol–water partition coefficient (Wildman–Crippen LogP) is 6.76. The van der Waals surface area contributed by atoms with Crippen LogP contribution in [0, 0.1) is 5.82 Å². The number of para-hydroxylation sites is 1. The van der Waals surface area contributed by atoms with Crippen LogP contribution in [0.25, 0.3) is 11.0 Å². The van der Waals surface area contributed by atoms with Gasteiger partial charge in [0, 0.05) is 30.6 Å². The van der Waals surface area contributed by atoms with Crippen molar-refractivity contribution in [1.29, 1.82) is 0 Å². The minimum atomic E-state index is -1.28. The molecule has 3 aromatic carbocycles. The van der Waals surface area contributed by atoms with Gasteiger partial charge in [-0.3, -0.25) is 9.21 Å². The van der Waals surface area contributed by atoms with Crippen molar-refractivity contribution < 1.29 is 23.8 Å². The van der Waals surface area contributed by atoms with E-state index in [4.69, 9.17) is 26.1 Å². The van der Waals surface area contributed by atoms with Crippen molar-refractivity contribution in [3.05, 3.63) is 88.0 Å². The Kier molecular flexibility index (Phi) is 8.30. The van der Waals surface area contributed by atoms with E-state index >= 15 is 0 Å². The third-order valence-corrected chi connectivity index (χ3v) is 9.49. The summed E-state index contributed by atoms with van der Waals surface area (Å²) in [6, 6.07) is 15.6. The Morgan fingerprint density at radius 3 is 2.70 bits per heavy atom. The molecule has 0 bridgehead atoms. The number of piperidine rings is 1. The second-order valence-corrected chi connectivity index (χ2v) is 12.6. The van der Waals surface area contributed by atoms with Crippen molar-refractivity contribution in [2.75, 3.05) is 32.9 Å². The zero-order valence-corrected chi connectivity index (χ0v) is 25.9. The lowest BCUT2D eigenvalue weighted by Gasteiger charge is -2.32. The maximum Gasteiger partial charge on any atom is 0.335 e. The van der Waals surface area contributed by atoms with Gasteiger partial charge in [0.25, 0.3) is 5.79 Å². The molecule has 226 valence electrons. The standard InChI is InChI=1S/C32H34ClFN4O4S/c1-32(24-9-8-22(33)18-25(24)34)41-28-6-4-5-23(30(28)42-32)20-11-13-37(14-12-20)19-29-35-26-10-7-21(31(39)40)17-27(26)38(29)16-15-36(2)43-3/h4-10,17-18,20H,11-16,19H2,1-3H3,(H,39,40). The summed E-state index contributed by atoms with van der Waals surface area (Å²) in [5.74, 6) is -0.211. The number of hydrogen-bond donors (Lipinski definition) is 1. The largest absolute Gasteiger partial charge is 0.478 e. The molecule has 8 nitrogen and oxygen atoms in total. The molecular weight excluding hydrogens is 591 g/mol. The van der Waals surface area contributed by atoms with Gasteiger partial charge in [0.1, 0.15) is 11.6 Å². The predicted molar refractivity (Wildman–Crippen MR) is 167 cm³/mol. The number of imidazole rings is 1. The normalized spacial score (nSPS) is 19.0. The van der Waals surface area contributed by atoms with Gasteiger partial charge in [0.2, 0.25) is 0 Å². The lowest BCUT2D eigenvalue weighted by Crippen LogP contribution is -2.34. The molecule has 1 atom stereocenters. The number of halogens is 2. The molecule has 0 amide bonds. The number of aromatic nitrogens is 2.